The summed E-state index contributed by atoms with van der Waals surface area (Å²) >= 11 is 0. The minimum Gasteiger partial charge on any atom is -0.497 e. The van der Waals surface area contributed by atoms with Crippen LogP contribution in [0.25, 0.3) is 22.3 Å². The fourth-order valence-electron chi connectivity index (χ4n) is 2.88. The van der Waals surface area contributed by atoms with Crippen LogP contribution in [-0.4, -0.2) is 27.8 Å². The number of aromatic nitrogens is 3. The molecule has 0 radical (unpaired) electrons. The second kappa shape index (κ2) is 6.95. The Hall–Kier alpha value is -3.61. The van der Waals surface area contributed by atoms with Gasteiger partial charge in [0.1, 0.15) is 5.75 Å². The first-order chi connectivity index (χ1) is 13.2. The molecule has 0 atom stereocenters. The van der Waals surface area contributed by atoms with E-state index in [9.17, 15) is 4.79 Å². The number of hydrogen-bond donors (Lipinski definition) is 0. The van der Waals surface area contributed by atoms with Gasteiger partial charge in [0.05, 0.1) is 12.7 Å². The van der Waals surface area contributed by atoms with Gasteiger partial charge in [0, 0.05) is 29.7 Å². The molecule has 7 heteroatoms. The maximum atomic E-state index is 12.5. The Balaban J connectivity index is 1.47. The summed E-state index contributed by atoms with van der Waals surface area (Å²) in [6, 6.07) is 14.9. The lowest BCUT2D eigenvalue weighted by molar-refractivity contribution is 0.0432. The second-order valence-electron chi connectivity index (χ2n) is 5.99. The molecular formula is C20H17N3O4. The zero-order chi connectivity index (χ0) is 18.8. The number of para-hydroxylation sites is 1. The van der Waals surface area contributed by atoms with Gasteiger partial charge in [-0.2, -0.15) is 4.98 Å². The molecule has 0 aliphatic carbocycles. The molecule has 4 rings (SSSR count). The van der Waals surface area contributed by atoms with Gasteiger partial charge in [0.2, 0.25) is 5.82 Å². The lowest BCUT2D eigenvalue weighted by Crippen LogP contribution is -2.05. The van der Waals surface area contributed by atoms with Gasteiger partial charge in [-0.15, -0.1) is 0 Å². The molecule has 2 aromatic heterocycles. The van der Waals surface area contributed by atoms with Gasteiger partial charge in [-0.1, -0.05) is 23.4 Å². The van der Waals surface area contributed by atoms with Crippen LogP contribution >= 0.6 is 0 Å². The molecule has 2 aromatic carbocycles. The summed E-state index contributed by atoms with van der Waals surface area (Å²) < 4.78 is 17.5. The van der Waals surface area contributed by atoms with E-state index in [1.807, 2.05) is 60.1 Å². The molecule has 0 N–H and O–H groups in total. The summed E-state index contributed by atoms with van der Waals surface area (Å²) in [7, 11) is 3.49. The smallest absolute Gasteiger partial charge is 0.340 e. The fourth-order valence-corrected chi connectivity index (χ4v) is 2.88. The Morgan fingerprint density at radius 1 is 1.15 bits per heavy atom. The molecule has 0 bridgehead atoms. The zero-order valence-corrected chi connectivity index (χ0v) is 14.9. The minimum absolute atomic E-state index is 0.0921. The molecule has 0 aliphatic rings. The highest BCUT2D eigenvalue weighted by atomic mass is 16.6. The largest absolute Gasteiger partial charge is 0.497 e. The van der Waals surface area contributed by atoms with Crippen LogP contribution in [0, 0.1) is 0 Å². The van der Waals surface area contributed by atoms with Crippen molar-refractivity contribution in [3.05, 3.63) is 66.2 Å². The average molecular weight is 363 g/mol. The van der Waals surface area contributed by atoms with Gasteiger partial charge < -0.3 is 18.6 Å². The second-order valence-corrected chi connectivity index (χ2v) is 5.99. The molecule has 0 saturated heterocycles. The number of methoxy groups -OCH3 is 1. The van der Waals surface area contributed by atoms with Crippen molar-refractivity contribution >= 4 is 16.9 Å². The van der Waals surface area contributed by atoms with E-state index >= 15 is 0 Å². The van der Waals surface area contributed by atoms with Crippen LogP contribution in [0.1, 0.15) is 16.2 Å². The van der Waals surface area contributed by atoms with E-state index in [1.165, 1.54) is 0 Å². The number of benzene rings is 2. The van der Waals surface area contributed by atoms with Crippen molar-refractivity contribution in [3.8, 4) is 17.1 Å². The summed E-state index contributed by atoms with van der Waals surface area (Å²) in [4.78, 5) is 16.7. The first-order valence-electron chi connectivity index (χ1n) is 8.34. The topological polar surface area (TPSA) is 79.4 Å². The first kappa shape index (κ1) is 16.8. The van der Waals surface area contributed by atoms with Crippen LogP contribution in [0.15, 0.2) is 59.3 Å². The van der Waals surface area contributed by atoms with Gasteiger partial charge in [-0.3, -0.25) is 0 Å². The number of esters is 1. The summed E-state index contributed by atoms with van der Waals surface area (Å²) in [5.74, 6) is 0.964. The van der Waals surface area contributed by atoms with Crippen molar-refractivity contribution in [2.45, 2.75) is 6.61 Å². The highest BCUT2D eigenvalue weighted by Gasteiger charge is 2.17. The van der Waals surface area contributed by atoms with Gasteiger partial charge in [-0.05, 0) is 30.3 Å². The predicted octanol–water partition coefficient (Wildman–Crippen LogP) is 3.59. The monoisotopic (exact) mass is 363 g/mol. The fraction of sp³-hybridized carbons (Fsp3) is 0.150. The number of fused-ring (bicyclic) bond motifs is 1. The Bertz CT molecular complexity index is 1100. The number of ether oxygens (including phenoxy) is 2. The maximum Gasteiger partial charge on any atom is 0.340 e. The third-order valence-electron chi connectivity index (χ3n) is 4.26. The predicted molar refractivity (Wildman–Crippen MR) is 98.3 cm³/mol. The molecule has 0 unspecified atom stereocenters. The van der Waals surface area contributed by atoms with Crippen molar-refractivity contribution in [1.29, 1.82) is 0 Å². The average Bonchev–Trinajstić information content (AvgIpc) is 3.31. The van der Waals surface area contributed by atoms with Crippen molar-refractivity contribution < 1.29 is 18.8 Å². The standard InChI is InChI=1S/C20H17N3O4/c1-23-11-16(15-5-3-4-6-17(15)23)20(24)26-12-18-21-19(22-27-18)13-7-9-14(25-2)10-8-13/h3-11H,12H2,1-2H3. The normalized spacial score (nSPS) is 10.9. The van der Waals surface area contributed by atoms with Crippen LogP contribution in [0.3, 0.4) is 0 Å². The summed E-state index contributed by atoms with van der Waals surface area (Å²) in [6.45, 7) is -0.0921. The SMILES string of the molecule is COc1ccc(-c2noc(COC(=O)c3cn(C)c4ccccc34)n2)cc1. The molecule has 0 aliphatic heterocycles. The maximum absolute atomic E-state index is 12.5. The van der Waals surface area contributed by atoms with Crippen molar-refractivity contribution in [2.75, 3.05) is 7.11 Å². The van der Waals surface area contributed by atoms with Crippen LogP contribution in [0.4, 0.5) is 0 Å². The van der Waals surface area contributed by atoms with Gasteiger partial charge >= 0.3 is 5.97 Å². The Labute approximate surface area is 155 Å². The lowest BCUT2D eigenvalue weighted by Gasteiger charge is -2.00. The minimum atomic E-state index is -0.434. The van der Waals surface area contributed by atoms with E-state index in [0.29, 0.717) is 11.4 Å². The Kier molecular flexibility index (Phi) is 4.33. The molecule has 0 spiro atoms. The lowest BCUT2D eigenvalue weighted by atomic mass is 10.2. The van der Waals surface area contributed by atoms with Gasteiger partial charge in [0.25, 0.3) is 5.89 Å². The quantitative estimate of drug-likeness (QED) is 0.504. The van der Waals surface area contributed by atoms with Crippen molar-refractivity contribution in [3.63, 3.8) is 0 Å². The molecule has 7 nitrogen and oxygen atoms in total. The van der Waals surface area contributed by atoms with E-state index < -0.39 is 5.97 Å². The van der Waals surface area contributed by atoms with Crippen molar-refractivity contribution in [2.24, 2.45) is 7.05 Å². The van der Waals surface area contributed by atoms with E-state index in [0.717, 1.165) is 22.2 Å². The molecule has 4 aromatic rings. The number of aryl methyl sites for hydroxylation is 1. The molecule has 136 valence electrons. The Morgan fingerprint density at radius 3 is 2.70 bits per heavy atom. The van der Waals surface area contributed by atoms with Crippen molar-refractivity contribution in [1.82, 2.24) is 14.7 Å². The summed E-state index contributed by atoms with van der Waals surface area (Å²) in [6.07, 6.45) is 1.75. The van der Waals surface area contributed by atoms with Gasteiger partial charge in [0.15, 0.2) is 6.61 Å². The third kappa shape index (κ3) is 3.27. The molecule has 27 heavy (non-hydrogen) atoms. The van der Waals surface area contributed by atoms with Crippen LogP contribution < -0.4 is 4.74 Å². The van der Waals surface area contributed by atoms with Crippen LogP contribution in [0.5, 0.6) is 5.75 Å². The number of carbonyl (C=O) groups excluding carboxylic acids is 1. The zero-order valence-electron chi connectivity index (χ0n) is 14.9. The number of carbonyl (C=O) groups is 1. The third-order valence-corrected chi connectivity index (χ3v) is 4.26. The first-order valence-corrected chi connectivity index (χ1v) is 8.34. The van der Waals surface area contributed by atoms with Crippen LogP contribution in [0.2, 0.25) is 0 Å². The number of rotatable bonds is 5. The Morgan fingerprint density at radius 2 is 1.93 bits per heavy atom. The molecule has 0 amide bonds. The molecular weight excluding hydrogens is 346 g/mol. The molecule has 0 fully saturated rings. The molecule has 2 heterocycles. The van der Waals surface area contributed by atoms with E-state index in [-0.39, 0.29) is 12.5 Å². The van der Waals surface area contributed by atoms with E-state index in [1.54, 1.807) is 13.3 Å². The van der Waals surface area contributed by atoms with E-state index in [2.05, 4.69) is 10.1 Å². The number of hydrogen-bond acceptors (Lipinski definition) is 6. The highest BCUT2D eigenvalue weighted by molar-refractivity contribution is 6.04. The van der Waals surface area contributed by atoms with Crippen LogP contribution in [-0.2, 0) is 18.4 Å². The number of nitrogens with zero attached hydrogens (tertiary/aromatic N) is 3. The van der Waals surface area contributed by atoms with E-state index in [4.69, 9.17) is 14.0 Å². The molecule has 0 saturated carbocycles. The summed E-state index contributed by atoms with van der Waals surface area (Å²) in [5.41, 5.74) is 2.25. The highest BCUT2D eigenvalue weighted by Crippen LogP contribution is 2.22. The van der Waals surface area contributed by atoms with Gasteiger partial charge in [-0.25, -0.2) is 4.79 Å². The summed E-state index contributed by atoms with van der Waals surface area (Å²) in [5, 5.41) is 4.77.